The van der Waals surface area contributed by atoms with E-state index in [1.807, 2.05) is 54.9 Å². The van der Waals surface area contributed by atoms with Gasteiger partial charge in [-0.15, -0.1) is 0 Å². The number of hydrogen-bond acceptors (Lipinski definition) is 4. The molecule has 1 heterocycles. The summed E-state index contributed by atoms with van der Waals surface area (Å²) in [6.45, 7) is 6.35. The monoisotopic (exact) mass is 438 g/mol. The fourth-order valence-corrected chi connectivity index (χ4v) is 3.58. The number of hydrogen-bond donors (Lipinski definition) is 1. The number of carbonyl (C=O) groups is 1. The van der Waals surface area contributed by atoms with E-state index in [4.69, 9.17) is 4.74 Å². The zero-order chi connectivity index (χ0) is 23.6. The highest BCUT2D eigenvalue weighted by molar-refractivity contribution is 6.45. The van der Waals surface area contributed by atoms with Crippen LogP contribution < -0.4 is 10.5 Å². The number of aryl methyl sites for hydroxylation is 1. The van der Waals surface area contributed by atoms with Gasteiger partial charge in [-0.05, 0) is 76.3 Å². The minimum atomic E-state index is -0.670. The zero-order valence-corrected chi connectivity index (χ0v) is 19.5. The van der Waals surface area contributed by atoms with E-state index in [2.05, 4.69) is 0 Å². The molecule has 1 aromatic heterocycles. The molecule has 8 heteroatoms. The molecule has 3 rings (SSSR count). The summed E-state index contributed by atoms with van der Waals surface area (Å²) in [5.74, 6) is -0.446. The summed E-state index contributed by atoms with van der Waals surface area (Å²) in [6, 6.07) is 12.2. The van der Waals surface area contributed by atoms with Crippen LogP contribution in [-0.4, -0.2) is 60.9 Å². The van der Waals surface area contributed by atoms with E-state index < -0.39 is 17.5 Å². The molecular weight excluding hydrogens is 408 g/mol. The molecule has 0 bridgehead atoms. The van der Waals surface area contributed by atoms with Gasteiger partial charge >= 0.3 is 13.6 Å². The van der Waals surface area contributed by atoms with Crippen LogP contribution in [-0.2, 0) is 11.8 Å². The fraction of sp³-hybridized carbons (Fsp3) is 0.375. The smallest absolute Gasteiger partial charge is 0.414 e. The second-order valence-corrected chi connectivity index (χ2v) is 9.13. The molecule has 169 valence electrons. The molecular formula is C24H30BFN3O3. The Labute approximate surface area is 189 Å². The van der Waals surface area contributed by atoms with Crippen LogP contribution in [0.4, 0.5) is 14.9 Å². The lowest BCUT2D eigenvalue weighted by Gasteiger charge is -2.28. The van der Waals surface area contributed by atoms with E-state index in [0.717, 1.165) is 23.9 Å². The SMILES string of the molecule is CN(C)CCN(C(=O)OC(C)(C)C)c1cc(F)cc(-c2cccc3c2cc([B]O)n3C)c1. The van der Waals surface area contributed by atoms with Gasteiger partial charge in [0.25, 0.3) is 0 Å². The van der Waals surface area contributed by atoms with Gasteiger partial charge in [-0.2, -0.15) is 0 Å². The van der Waals surface area contributed by atoms with Crippen molar-refractivity contribution in [3.8, 4) is 11.1 Å². The van der Waals surface area contributed by atoms with Crippen LogP contribution in [0, 0.1) is 5.82 Å². The van der Waals surface area contributed by atoms with Crippen LogP contribution in [0.5, 0.6) is 0 Å². The van der Waals surface area contributed by atoms with E-state index in [1.54, 1.807) is 26.8 Å². The maximum Gasteiger partial charge on any atom is 0.414 e. The number of aromatic nitrogens is 1. The topological polar surface area (TPSA) is 57.9 Å². The van der Waals surface area contributed by atoms with Crippen LogP contribution in [0.25, 0.3) is 22.0 Å². The summed E-state index contributed by atoms with van der Waals surface area (Å²) in [4.78, 5) is 16.4. The lowest BCUT2D eigenvalue weighted by atomic mass is 9.95. The Morgan fingerprint density at radius 2 is 1.88 bits per heavy atom. The number of ether oxygens (including phenoxy) is 1. The average Bonchev–Trinajstić information content (AvgIpc) is 3.02. The Bertz CT molecular complexity index is 1120. The Morgan fingerprint density at radius 3 is 2.50 bits per heavy atom. The van der Waals surface area contributed by atoms with Crippen molar-refractivity contribution in [1.29, 1.82) is 0 Å². The highest BCUT2D eigenvalue weighted by atomic mass is 19.1. The molecule has 0 aliphatic carbocycles. The number of rotatable bonds is 6. The minimum absolute atomic E-state index is 0.351. The van der Waals surface area contributed by atoms with Gasteiger partial charge in [0, 0.05) is 36.6 Å². The van der Waals surface area contributed by atoms with Crippen LogP contribution in [0.15, 0.2) is 42.5 Å². The summed E-state index contributed by atoms with van der Waals surface area (Å²) >= 11 is 0. The van der Waals surface area contributed by atoms with Crippen molar-refractivity contribution in [2.45, 2.75) is 26.4 Å². The van der Waals surface area contributed by atoms with Crippen molar-refractivity contribution < 1.29 is 18.9 Å². The van der Waals surface area contributed by atoms with E-state index in [9.17, 15) is 14.2 Å². The number of carbonyl (C=O) groups excluding carboxylic acids is 1. The molecule has 0 fully saturated rings. The fourth-order valence-electron chi connectivity index (χ4n) is 3.58. The number of nitrogens with zero attached hydrogens (tertiary/aromatic N) is 3. The van der Waals surface area contributed by atoms with Gasteiger partial charge in [0.15, 0.2) is 0 Å². The van der Waals surface area contributed by atoms with Crippen molar-refractivity contribution in [1.82, 2.24) is 9.47 Å². The summed E-state index contributed by atoms with van der Waals surface area (Å²) in [6.07, 6.45) is -0.522. The maximum atomic E-state index is 14.8. The number of halogens is 1. The normalized spacial score (nSPS) is 11.8. The molecule has 0 unspecified atom stereocenters. The molecule has 0 aliphatic rings. The first-order valence-corrected chi connectivity index (χ1v) is 10.5. The van der Waals surface area contributed by atoms with Gasteiger partial charge in [-0.3, -0.25) is 4.90 Å². The van der Waals surface area contributed by atoms with Gasteiger partial charge in [-0.25, -0.2) is 9.18 Å². The first-order valence-electron chi connectivity index (χ1n) is 10.5. The Morgan fingerprint density at radius 1 is 1.16 bits per heavy atom. The van der Waals surface area contributed by atoms with Crippen molar-refractivity contribution in [3.63, 3.8) is 0 Å². The van der Waals surface area contributed by atoms with Crippen LogP contribution in [0.2, 0.25) is 0 Å². The summed E-state index contributed by atoms with van der Waals surface area (Å²) in [5, 5.41) is 10.4. The standard InChI is InChI=1S/C24H30BFN3O3/c1-24(2,3)32-23(30)29(11-10-27(4)5)18-13-16(12-17(26)14-18)19-8-7-9-21-20(19)15-22(25-31)28(21)6/h7-9,12-15,31H,10-11H2,1-6H3. The number of likely N-dealkylation sites (N-methyl/N-ethyl adjacent to an activating group) is 1. The Balaban J connectivity index is 2.10. The largest absolute Gasteiger partial charge is 0.449 e. The lowest BCUT2D eigenvalue weighted by molar-refractivity contribution is 0.0578. The van der Waals surface area contributed by atoms with Crippen molar-refractivity contribution in [2.75, 3.05) is 32.1 Å². The van der Waals surface area contributed by atoms with Crippen molar-refractivity contribution in [3.05, 3.63) is 48.3 Å². The van der Waals surface area contributed by atoms with Crippen LogP contribution in [0.1, 0.15) is 20.8 Å². The molecule has 0 aliphatic heterocycles. The van der Waals surface area contributed by atoms with Gasteiger partial charge < -0.3 is 19.2 Å². The van der Waals surface area contributed by atoms with Crippen LogP contribution >= 0.6 is 0 Å². The minimum Gasteiger partial charge on any atom is -0.449 e. The molecule has 1 radical (unpaired) electrons. The summed E-state index contributed by atoms with van der Waals surface area (Å²) in [7, 11) is 6.73. The molecule has 1 N–H and O–H groups in total. The summed E-state index contributed by atoms with van der Waals surface area (Å²) in [5.41, 5.74) is 2.76. The molecule has 2 aromatic carbocycles. The predicted octanol–water partition coefficient (Wildman–Crippen LogP) is 3.52. The number of benzene rings is 2. The molecule has 0 spiro atoms. The maximum absolute atomic E-state index is 14.8. The van der Waals surface area contributed by atoms with Crippen molar-refractivity contribution >= 4 is 35.8 Å². The molecule has 0 saturated carbocycles. The van der Waals surface area contributed by atoms with E-state index >= 15 is 0 Å². The third-order valence-corrected chi connectivity index (χ3v) is 5.15. The number of anilines is 1. The predicted molar refractivity (Wildman–Crippen MR) is 128 cm³/mol. The van der Waals surface area contributed by atoms with Gasteiger partial charge in [0.2, 0.25) is 0 Å². The molecule has 32 heavy (non-hydrogen) atoms. The molecule has 1 amide bonds. The molecule has 3 aromatic rings. The quantitative estimate of drug-likeness (QED) is 0.599. The second-order valence-electron chi connectivity index (χ2n) is 9.13. The molecule has 0 atom stereocenters. The van der Waals surface area contributed by atoms with E-state index in [-0.39, 0.29) is 0 Å². The number of fused-ring (bicyclic) bond motifs is 1. The third kappa shape index (κ3) is 5.31. The van der Waals surface area contributed by atoms with E-state index in [1.165, 1.54) is 17.0 Å². The first-order chi connectivity index (χ1) is 15.0. The second kappa shape index (κ2) is 9.34. The summed E-state index contributed by atoms with van der Waals surface area (Å²) < 4.78 is 22.2. The average molecular weight is 438 g/mol. The molecule has 6 nitrogen and oxygen atoms in total. The van der Waals surface area contributed by atoms with Crippen molar-refractivity contribution in [2.24, 2.45) is 7.05 Å². The number of amides is 1. The Kier molecular flexibility index (Phi) is 6.95. The lowest BCUT2D eigenvalue weighted by Crippen LogP contribution is -2.40. The highest BCUT2D eigenvalue weighted by Gasteiger charge is 2.24. The third-order valence-electron chi connectivity index (χ3n) is 5.15. The Hall–Kier alpha value is -2.84. The van der Waals surface area contributed by atoms with Gasteiger partial charge in [0.1, 0.15) is 11.4 Å². The van der Waals surface area contributed by atoms with Crippen LogP contribution in [0.3, 0.4) is 0 Å². The first kappa shape index (κ1) is 23.8. The molecule has 0 saturated heterocycles. The van der Waals surface area contributed by atoms with Gasteiger partial charge in [0.05, 0.1) is 5.69 Å². The zero-order valence-electron chi connectivity index (χ0n) is 19.5. The van der Waals surface area contributed by atoms with Gasteiger partial charge in [-0.1, -0.05) is 12.1 Å². The van der Waals surface area contributed by atoms with E-state index in [0.29, 0.717) is 29.9 Å². The highest BCUT2D eigenvalue weighted by Crippen LogP contribution is 2.32.